The van der Waals surface area contributed by atoms with Crippen molar-refractivity contribution in [2.45, 2.75) is 96.7 Å². The highest BCUT2D eigenvalue weighted by molar-refractivity contribution is 5.99. The van der Waals surface area contributed by atoms with Crippen LogP contribution in [0.5, 0.6) is 0 Å². The van der Waals surface area contributed by atoms with Crippen molar-refractivity contribution in [1.29, 1.82) is 0 Å². The van der Waals surface area contributed by atoms with Crippen LogP contribution in [0.15, 0.2) is 59.4 Å². The van der Waals surface area contributed by atoms with Crippen molar-refractivity contribution >= 4 is 40.5 Å². The number of nitrogens with zero attached hydrogens (tertiary/aromatic N) is 1. The van der Waals surface area contributed by atoms with Gasteiger partial charge < -0.3 is 36.0 Å². The molecule has 280 valence electrons. The van der Waals surface area contributed by atoms with Gasteiger partial charge in [-0.15, -0.1) is 0 Å². The van der Waals surface area contributed by atoms with Crippen molar-refractivity contribution in [3.05, 3.63) is 82.0 Å². The maximum Gasteiger partial charge on any atom is 0.407 e. The minimum absolute atomic E-state index is 0.157. The molecule has 4 aromatic rings. The number of alkyl carbamates (subject to hydrolysis) is 1. The molecule has 6 rings (SSSR count). The molecule has 2 saturated carbocycles. The van der Waals surface area contributed by atoms with Crippen molar-refractivity contribution in [2.24, 2.45) is 11.8 Å². The molecular weight excluding hydrogens is 674 g/mol. The van der Waals surface area contributed by atoms with E-state index in [9.17, 15) is 24.0 Å². The Morgan fingerprint density at radius 2 is 1.62 bits per heavy atom. The number of fused-ring (bicyclic) bond motifs is 1. The van der Waals surface area contributed by atoms with Gasteiger partial charge in [-0.25, -0.2) is 14.6 Å². The number of benzene rings is 2. The van der Waals surface area contributed by atoms with Crippen LogP contribution in [0.25, 0.3) is 22.2 Å². The summed E-state index contributed by atoms with van der Waals surface area (Å²) in [6.07, 6.45) is 5.75. The lowest BCUT2D eigenvalue weighted by atomic mass is 9.81. The van der Waals surface area contributed by atoms with E-state index in [0.717, 1.165) is 54.5 Å². The zero-order chi connectivity index (χ0) is 37.7. The number of hydrogen-bond donors (Lipinski definition) is 6. The average Bonchev–Trinajstić information content (AvgIpc) is 3.47. The van der Waals surface area contributed by atoms with E-state index >= 15 is 0 Å². The predicted octanol–water partition coefficient (Wildman–Crippen LogP) is 5.51. The van der Waals surface area contributed by atoms with Crippen LogP contribution < -0.4 is 27.0 Å². The van der Waals surface area contributed by atoms with Gasteiger partial charge in [0.25, 0.3) is 5.91 Å². The van der Waals surface area contributed by atoms with Gasteiger partial charge in [0.05, 0.1) is 11.0 Å². The van der Waals surface area contributed by atoms with Gasteiger partial charge in [0, 0.05) is 41.9 Å². The number of carbonyl (C=O) groups is 4. The van der Waals surface area contributed by atoms with Crippen LogP contribution in [-0.2, 0) is 20.7 Å². The molecule has 0 bridgehead atoms. The Kier molecular flexibility index (Phi) is 11.3. The number of aromatic nitrogens is 3. The fourth-order valence-electron chi connectivity index (χ4n) is 6.87. The van der Waals surface area contributed by atoms with Crippen LogP contribution in [0, 0.1) is 18.8 Å². The van der Waals surface area contributed by atoms with Gasteiger partial charge in [-0.05, 0) is 114 Å². The van der Waals surface area contributed by atoms with Crippen LogP contribution in [0.2, 0.25) is 0 Å². The summed E-state index contributed by atoms with van der Waals surface area (Å²) in [5.41, 5.74) is 4.53. The molecule has 13 heteroatoms. The summed E-state index contributed by atoms with van der Waals surface area (Å²) in [5, 5.41) is 11.8. The highest BCUT2D eigenvalue weighted by atomic mass is 16.6. The van der Waals surface area contributed by atoms with E-state index in [0.29, 0.717) is 41.8 Å². The van der Waals surface area contributed by atoms with Gasteiger partial charge in [0.2, 0.25) is 11.8 Å². The maximum atomic E-state index is 13.8. The minimum Gasteiger partial charge on any atom is -0.444 e. The third kappa shape index (κ3) is 9.91. The molecule has 1 atom stereocenters. The van der Waals surface area contributed by atoms with Gasteiger partial charge in [-0.1, -0.05) is 30.3 Å². The SMILES string of the molecule is Cc1nc(C(=O)NC2CCC2)ccc1-c1ccc(CC(NC(=O)C2CCC(CNC(=O)OC(C)(C)C)CC2)C(=O)Nc2ccc3[nH]c(=O)[nH]c3c2)cc1. The molecule has 2 aliphatic carbocycles. The molecule has 0 aliphatic heterocycles. The molecule has 0 radical (unpaired) electrons. The Morgan fingerprint density at radius 1 is 0.906 bits per heavy atom. The second kappa shape index (κ2) is 16.1. The number of imidazole rings is 1. The van der Waals surface area contributed by atoms with Crippen LogP contribution >= 0.6 is 0 Å². The van der Waals surface area contributed by atoms with E-state index in [2.05, 4.69) is 36.2 Å². The molecule has 4 amide bonds. The number of aromatic amines is 2. The standard InChI is InChI=1S/C40H49N7O6/c1-23-30(17-19-32(42-23)36(49)43-28-6-5-7-28)26-12-8-24(9-13-26)20-34(37(50)44-29-16-18-31-33(21-29)47-38(51)46-31)45-35(48)27-14-10-25(11-15-27)22-41-39(52)53-40(2,3)4/h8-9,12-13,16-19,21,25,27-28,34H,5-7,10-11,14-15,20,22H2,1-4H3,(H,41,52)(H,43,49)(H,44,50)(H,45,48)(H2,46,47,51). The summed E-state index contributed by atoms with van der Waals surface area (Å²) in [5.74, 6) is -0.755. The van der Waals surface area contributed by atoms with Crippen molar-refractivity contribution in [3.8, 4) is 11.1 Å². The molecular formula is C40H49N7O6. The lowest BCUT2D eigenvalue weighted by Crippen LogP contribution is -2.48. The first-order valence-electron chi connectivity index (χ1n) is 18.5. The van der Waals surface area contributed by atoms with Gasteiger partial charge >= 0.3 is 11.8 Å². The zero-order valence-corrected chi connectivity index (χ0v) is 30.8. The van der Waals surface area contributed by atoms with Gasteiger partial charge in [-0.3, -0.25) is 14.4 Å². The van der Waals surface area contributed by atoms with Crippen molar-refractivity contribution in [3.63, 3.8) is 0 Å². The number of ether oxygens (including phenoxy) is 1. The van der Waals surface area contributed by atoms with Crippen LogP contribution in [-0.4, -0.2) is 63.0 Å². The van der Waals surface area contributed by atoms with E-state index in [1.165, 1.54) is 0 Å². The molecule has 2 heterocycles. The van der Waals surface area contributed by atoms with Crippen molar-refractivity contribution < 1.29 is 23.9 Å². The number of carbonyl (C=O) groups excluding carboxylic acids is 4. The second-order valence-electron chi connectivity index (χ2n) is 15.3. The Balaban J connectivity index is 1.11. The molecule has 53 heavy (non-hydrogen) atoms. The minimum atomic E-state index is -0.877. The Morgan fingerprint density at radius 3 is 2.28 bits per heavy atom. The first kappa shape index (κ1) is 37.3. The summed E-state index contributed by atoms with van der Waals surface area (Å²) in [6, 6.07) is 15.8. The van der Waals surface area contributed by atoms with Gasteiger partial charge in [0.15, 0.2) is 0 Å². The number of aryl methyl sites for hydroxylation is 1. The number of anilines is 1. The maximum absolute atomic E-state index is 13.8. The number of nitrogens with one attached hydrogen (secondary N) is 6. The summed E-state index contributed by atoms with van der Waals surface area (Å²) in [6.45, 7) is 7.82. The zero-order valence-electron chi connectivity index (χ0n) is 30.8. The highest BCUT2D eigenvalue weighted by Gasteiger charge is 2.30. The second-order valence-corrected chi connectivity index (χ2v) is 15.3. The first-order chi connectivity index (χ1) is 25.3. The molecule has 6 N–H and O–H groups in total. The normalized spacial score (nSPS) is 18.0. The average molecular weight is 724 g/mol. The Bertz CT molecular complexity index is 2020. The number of rotatable bonds is 11. The first-order valence-corrected chi connectivity index (χ1v) is 18.5. The van der Waals surface area contributed by atoms with Gasteiger partial charge in [0.1, 0.15) is 17.3 Å². The van der Waals surface area contributed by atoms with Gasteiger partial charge in [-0.2, -0.15) is 0 Å². The molecule has 13 nitrogen and oxygen atoms in total. The molecule has 0 spiro atoms. The molecule has 2 aromatic carbocycles. The third-order valence-corrected chi connectivity index (χ3v) is 10.0. The molecule has 2 fully saturated rings. The van der Waals surface area contributed by atoms with E-state index < -0.39 is 17.7 Å². The largest absolute Gasteiger partial charge is 0.444 e. The van der Waals surface area contributed by atoms with Crippen molar-refractivity contribution in [2.75, 3.05) is 11.9 Å². The summed E-state index contributed by atoms with van der Waals surface area (Å²) in [4.78, 5) is 73.9. The van der Waals surface area contributed by atoms with Crippen LogP contribution in [0.4, 0.5) is 10.5 Å². The highest BCUT2D eigenvalue weighted by Crippen LogP contribution is 2.29. The fourth-order valence-corrected chi connectivity index (χ4v) is 6.87. The predicted molar refractivity (Wildman–Crippen MR) is 202 cm³/mol. The Hall–Kier alpha value is -5.46. The van der Waals surface area contributed by atoms with E-state index in [-0.39, 0.29) is 47.7 Å². The smallest absolute Gasteiger partial charge is 0.407 e. The molecule has 2 aliphatic rings. The summed E-state index contributed by atoms with van der Waals surface area (Å²) in [7, 11) is 0. The Labute approximate surface area is 308 Å². The number of amides is 4. The lowest BCUT2D eigenvalue weighted by molar-refractivity contribution is -0.130. The number of H-pyrrole nitrogens is 2. The topological polar surface area (TPSA) is 187 Å². The summed E-state index contributed by atoms with van der Waals surface area (Å²) < 4.78 is 5.34. The number of pyridine rings is 1. The van der Waals surface area contributed by atoms with Crippen LogP contribution in [0.1, 0.15) is 87.5 Å². The molecule has 0 saturated heterocycles. The van der Waals surface area contributed by atoms with E-state index in [1.54, 1.807) is 24.3 Å². The molecule has 2 aromatic heterocycles. The van der Waals surface area contributed by atoms with E-state index in [4.69, 9.17) is 4.74 Å². The van der Waals surface area contributed by atoms with Crippen molar-refractivity contribution in [1.82, 2.24) is 30.9 Å². The van der Waals surface area contributed by atoms with Crippen LogP contribution in [0.3, 0.4) is 0 Å². The summed E-state index contributed by atoms with van der Waals surface area (Å²) >= 11 is 0. The third-order valence-electron chi connectivity index (χ3n) is 10.0. The monoisotopic (exact) mass is 723 g/mol. The molecule has 1 unspecified atom stereocenters. The van der Waals surface area contributed by atoms with E-state index in [1.807, 2.05) is 58.0 Å². The lowest BCUT2D eigenvalue weighted by Gasteiger charge is -2.29. The fraction of sp³-hybridized carbons (Fsp3) is 0.450. The number of hydrogen-bond acceptors (Lipinski definition) is 7. The quantitative estimate of drug-likeness (QED) is 0.118.